The summed E-state index contributed by atoms with van der Waals surface area (Å²) in [6.45, 7) is 5.47. The van der Waals surface area contributed by atoms with Crippen LogP contribution in [0.15, 0.2) is 18.2 Å². The lowest BCUT2D eigenvalue weighted by molar-refractivity contribution is -0.150. The first-order chi connectivity index (χ1) is 12.2. The minimum absolute atomic E-state index is 0.0939. The summed E-state index contributed by atoms with van der Waals surface area (Å²) in [5, 5.41) is 10.4. The van der Waals surface area contributed by atoms with Crippen molar-refractivity contribution in [3.8, 4) is 11.5 Å². The van der Waals surface area contributed by atoms with Crippen LogP contribution in [0.5, 0.6) is 11.5 Å². The van der Waals surface area contributed by atoms with Gasteiger partial charge >= 0.3 is 5.97 Å². The number of amides is 1. The lowest BCUT2D eigenvalue weighted by Crippen LogP contribution is -2.39. The first-order valence-corrected chi connectivity index (χ1v) is 8.54. The molecular weight excluding hydrogens is 338 g/mol. The van der Waals surface area contributed by atoms with Crippen LogP contribution in [0.3, 0.4) is 0 Å². The SMILES string of the molecule is COc1ccc(C2CN(C(=O)COC(C)=O)CC2(C)[C@@H](C)O)cc1OC. The van der Waals surface area contributed by atoms with Gasteiger partial charge in [-0.15, -0.1) is 0 Å². The van der Waals surface area contributed by atoms with Crippen LogP contribution < -0.4 is 9.47 Å². The Kier molecular flexibility index (Phi) is 6.13. The van der Waals surface area contributed by atoms with Crippen molar-refractivity contribution in [2.75, 3.05) is 33.9 Å². The number of carbonyl (C=O) groups excluding carboxylic acids is 2. The fourth-order valence-corrected chi connectivity index (χ4v) is 3.44. The number of methoxy groups -OCH3 is 2. The van der Waals surface area contributed by atoms with Crippen molar-refractivity contribution in [1.29, 1.82) is 0 Å². The van der Waals surface area contributed by atoms with Gasteiger partial charge in [-0.1, -0.05) is 13.0 Å². The van der Waals surface area contributed by atoms with Crippen LogP contribution in [0.25, 0.3) is 0 Å². The van der Waals surface area contributed by atoms with Crippen LogP contribution in [-0.2, 0) is 14.3 Å². The van der Waals surface area contributed by atoms with Crippen LogP contribution in [0.4, 0.5) is 0 Å². The maximum absolute atomic E-state index is 12.4. The largest absolute Gasteiger partial charge is 0.493 e. The number of ether oxygens (including phenoxy) is 3. The number of hydrogen-bond donors (Lipinski definition) is 1. The van der Waals surface area contributed by atoms with Crippen LogP contribution in [-0.4, -0.2) is 61.9 Å². The van der Waals surface area contributed by atoms with E-state index in [0.717, 1.165) is 5.56 Å². The van der Waals surface area contributed by atoms with Gasteiger partial charge in [-0.05, 0) is 24.6 Å². The summed E-state index contributed by atoms with van der Waals surface area (Å²) in [6.07, 6.45) is -0.632. The molecule has 1 N–H and O–H groups in total. The van der Waals surface area contributed by atoms with Gasteiger partial charge in [0.15, 0.2) is 18.1 Å². The molecule has 7 heteroatoms. The summed E-state index contributed by atoms with van der Waals surface area (Å²) in [7, 11) is 3.14. The second kappa shape index (κ2) is 7.95. The van der Waals surface area contributed by atoms with E-state index in [1.165, 1.54) is 6.92 Å². The number of rotatable bonds is 6. The smallest absolute Gasteiger partial charge is 0.303 e. The number of esters is 1. The molecule has 1 saturated heterocycles. The van der Waals surface area contributed by atoms with Gasteiger partial charge in [-0.3, -0.25) is 9.59 Å². The van der Waals surface area contributed by atoms with Crippen LogP contribution >= 0.6 is 0 Å². The lowest BCUT2D eigenvalue weighted by Gasteiger charge is -2.33. The van der Waals surface area contributed by atoms with E-state index >= 15 is 0 Å². The van der Waals surface area contributed by atoms with Crippen LogP contribution in [0, 0.1) is 5.41 Å². The molecule has 0 aromatic heterocycles. The zero-order valence-electron chi connectivity index (χ0n) is 15.9. The van der Waals surface area contributed by atoms with Crippen molar-refractivity contribution in [3.63, 3.8) is 0 Å². The molecule has 7 nitrogen and oxygen atoms in total. The predicted octanol–water partition coefficient (Wildman–Crippen LogP) is 1.58. The average Bonchev–Trinajstić information content (AvgIpc) is 2.98. The Morgan fingerprint density at radius 2 is 1.96 bits per heavy atom. The first kappa shape index (κ1) is 20.0. The number of nitrogens with zero attached hydrogens (tertiary/aromatic N) is 1. The molecule has 3 atom stereocenters. The van der Waals surface area contributed by atoms with Crippen molar-refractivity contribution < 1.29 is 28.9 Å². The second-order valence-corrected chi connectivity index (χ2v) is 6.90. The number of carbonyl (C=O) groups is 2. The second-order valence-electron chi connectivity index (χ2n) is 6.90. The molecule has 1 aliphatic heterocycles. The van der Waals surface area contributed by atoms with Crippen LogP contribution in [0.1, 0.15) is 32.3 Å². The van der Waals surface area contributed by atoms with Gasteiger partial charge < -0.3 is 24.2 Å². The lowest BCUT2D eigenvalue weighted by atomic mass is 9.72. The molecule has 1 amide bonds. The van der Waals surface area contributed by atoms with Gasteiger partial charge in [-0.2, -0.15) is 0 Å². The Bertz CT molecular complexity index is 674. The highest BCUT2D eigenvalue weighted by Gasteiger charge is 2.48. The van der Waals surface area contributed by atoms with E-state index in [9.17, 15) is 14.7 Å². The maximum atomic E-state index is 12.4. The van der Waals surface area contributed by atoms with E-state index in [-0.39, 0.29) is 18.4 Å². The summed E-state index contributed by atoms with van der Waals surface area (Å²) in [5.74, 6) is 0.365. The van der Waals surface area contributed by atoms with E-state index in [1.54, 1.807) is 26.0 Å². The summed E-state index contributed by atoms with van der Waals surface area (Å²) in [4.78, 5) is 25.0. The topological polar surface area (TPSA) is 85.3 Å². The van der Waals surface area contributed by atoms with Gasteiger partial charge in [0.25, 0.3) is 5.91 Å². The van der Waals surface area contributed by atoms with E-state index in [4.69, 9.17) is 14.2 Å². The molecule has 0 bridgehead atoms. The van der Waals surface area contributed by atoms with E-state index in [1.807, 2.05) is 25.1 Å². The highest BCUT2D eigenvalue weighted by molar-refractivity contribution is 5.80. The van der Waals surface area contributed by atoms with Gasteiger partial charge in [0.05, 0.1) is 20.3 Å². The molecule has 0 spiro atoms. The Morgan fingerprint density at radius 1 is 1.31 bits per heavy atom. The van der Waals surface area contributed by atoms with E-state index in [2.05, 4.69) is 0 Å². The fourth-order valence-electron chi connectivity index (χ4n) is 3.44. The molecule has 1 fully saturated rings. The molecule has 2 rings (SSSR count). The average molecular weight is 365 g/mol. The summed E-state index contributed by atoms with van der Waals surface area (Å²) >= 11 is 0. The Morgan fingerprint density at radius 3 is 2.50 bits per heavy atom. The Hall–Kier alpha value is -2.28. The van der Waals surface area contributed by atoms with Gasteiger partial charge in [0.2, 0.25) is 0 Å². The van der Waals surface area contributed by atoms with Crippen molar-refractivity contribution in [2.45, 2.75) is 32.8 Å². The van der Waals surface area contributed by atoms with Gasteiger partial charge in [-0.25, -0.2) is 0 Å². The molecule has 0 saturated carbocycles. The van der Waals surface area contributed by atoms with Gasteiger partial charge in [0.1, 0.15) is 0 Å². The fraction of sp³-hybridized carbons (Fsp3) is 0.579. The van der Waals surface area contributed by atoms with E-state index in [0.29, 0.717) is 24.6 Å². The van der Waals surface area contributed by atoms with Crippen molar-refractivity contribution in [3.05, 3.63) is 23.8 Å². The normalized spacial score (nSPS) is 23.5. The monoisotopic (exact) mass is 365 g/mol. The standard InChI is InChI=1S/C19H27NO6/c1-12(21)19(3)11-20(18(23)10-26-13(2)22)9-15(19)14-6-7-16(24-4)17(8-14)25-5/h6-8,12,15,21H,9-11H2,1-5H3/t12-,15?,19?/m1/s1. The third kappa shape index (κ3) is 3.93. The molecule has 2 unspecified atom stereocenters. The zero-order chi connectivity index (χ0) is 19.5. The number of aliphatic hydroxyl groups excluding tert-OH is 1. The highest BCUT2D eigenvalue weighted by Crippen LogP contribution is 2.46. The molecule has 26 heavy (non-hydrogen) atoms. The number of hydrogen-bond acceptors (Lipinski definition) is 6. The number of likely N-dealkylation sites (tertiary alicyclic amines) is 1. The highest BCUT2D eigenvalue weighted by atomic mass is 16.5. The molecule has 1 aromatic rings. The molecule has 1 aromatic carbocycles. The van der Waals surface area contributed by atoms with Gasteiger partial charge in [0, 0.05) is 31.3 Å². The Labute approximate surface area is 153 Å². The van der Waals surface area contributed by atoms with E-state index < -0.39 is 17.5 Å². The van der Waals surface area contributed by atoms with Crippen molar-refractivity contribution in [1.82, 2.24) is 4.90 Å². The number of benzene rings is 1. The van der Waals surface area contributed by atoms with Crippen molar-refractivity contribution >= 4 is 11.9 Å². The third-order valence-corrected chi connectivity index (χ3v) is 5.25. The summed E-state index contributed by atoms with van der Waals surface area (Å²) in [5.41, 5.74) is 0.416. The third-order valence-electron chi connectivity index (χ3n) is 5.25. The molecular formula is C19H27NO6. The number of aliphatic hydroxyl groups is 1. The minimum Gasteiger partial charge on any atom is -0.493 e. The molecule has 1 aliphatic rings. The first-order valence-electron chi connectivity index (χ1n) is 8.54. The molecule has 144 valence electrons. The molecule has 0 radical (unpaired) electrons. The molecule has 0 aliphatic carbocycles. The minimum atomic E-state index is -0.632. The Balaban J connectivity index is 2.30. The summed E-state index contributed by atoms with van der Waals surface area (Å²) < 4.78 is 15.5. The maximum Gasteiger partial charge on any atom is 0.303 e. The van der Waals surface area contributed by atoms with Crippen molar-refractivity contribution in [2.24, 2.45) is 5.41 Å². The quantitative estimate of drug-likeness (QED) is 0.771. The predicted molar refractivity (Wildman–Crippen MR) is 95.3 cm³/mol. The zero-order valence-corrected chi connectivity index (χ0v) is 15.9. The molecule has 1 heterocycles. The van der Waals surface area contributed by atoms with Crippen LogP contribution in [0.2, 0.25) is 0 Å². The summed E-state index contributed by atoms with van der Waals surface area (Å²) in [6, 6.07) is 5.62.